The molecular formula is C12H27N3O. The van der Waals surface area contributed by atoms with Gasteiger partial charge in [-0.15, -0.1) is 0 Å². The van der Waals surface area contributed by atoms with Crippen molar-refractivity contribution in [1.29, 1.82) is 0 Å². The minimum atomic E-state index is -0.0441. The largest absolute Gasteiger partial charge is 0.383 e. The minimum Gasteiger partial charge on any atom is -0.383 e. The van der Waals surface area contributed by atoms with E-state index in [0.717, 1.165) is 6.54 Å². The topological polar surface area (TPSA) is 41.7 Å². The van der Waals surface area contributed by atoms with Crippen molar-refractivity contribution in [2.75, 3.05) is 47.4 Å². The molecule has 0 spiro atoms. The van der Waals surface area contributed by atoms with E-state index in [0.29, 0.717) is 19.2 Å². The second-order valence-corrected chi connectivity index (χ2v) is 5.30. The second kappa shape index (κ2) is 5.96. The summed E-state index contributed by atoms with van der Waals surface area (Å²) in [5, 5.41) is 0. The van der Waals surface area contributed by atoms with Crippen molar-refractivity contribution in [2.24, 2.45) is 5.73 Å². The third kappa shape index (κ3) is 3.17. The van der Waals surface area contributed by atoms with E-state index in [9.17, 15) is 0 Å². The highest BCUT2D eigenvalue weighted by Gasteiger charge is 2.34. The van der Waals surface area contributed by atoms with Crippen LogP contribution in [0.4, 0.5) is 0 Å². The lowest BCUT2D eigenvalue weighted by atomic mass is 9.95. The van der Waals surface area contributed by atoms with Crippen LogP contribution >= 0.6 is 0 Å². The molecule has 1 saturated heterocycles. The fraction of sp³-hybridized carbons (Fsp3) is 1.00. The molecule has 1 aliphatic rings. The number of hydrogen-bond donors (Lipinski definition) is 1. The average Bonchev–Trinajstić information content (AvgIpc) is 2.28. The summed E-state index contributed by atoms with van der Waals surface area (Å²) in [7, 11) is 6.11. The van der Waals surface area contributed by atoms with Gasteiger partial charge in [-0.05, 0) is 40.4 Å². The fourth-order valence-electron chi connectivity index (χ4n) is 2.51. The molecule has 0 saturated carbocycles. The zero-order chi connectivity index (χ0) is 12.2. The van der Waals surface area contributed by atoms with E-state index >= 15 is 0 Å². The Balaban J connectivity index is 2.62. The van der Waals surface area contributed by atoms with Crippen LogP contribution in [-0.2, 0) is 4.74 Å². The van der Waals surface area contributed by atoms with Crippen molar-refractivity contribution >= 4 is 0 Å². The summed E-state index contributed by atoms with van der Waals surface area (Å²) in [5.41, 5.74) is 5.86. The molecule has 4 heteroatoms. The molecule has 0 aromatic heterocycles. The lowest BCUT2D eigenvalue weighted by molar-refractivity contribution is -0.00192. The monoisotopic (exact) mass is 229 g/mol. The Morgan fingerprint density at radius 1 is 1.56 bits per heavy atom. The molecule has 1 aliphatic heterocycles. The molecule has 0 amide bonds. The van der Waals surface area contributed by atoms with Crippen molar-refractivity contribution in [3.05, 3.63) is 0 Å². The lowest BCUT2D eigenvalue weighted by Crippen LogP contribution is -2.59. The highest BCUT2D eigenvalue weighted by molar-refractivity contribution is 4.91. The zero-order valence-electron chi connectivity index (χ0n) is 11.2. The van der Waals surface area contributed by atoms with Gasteiger partial charge < -0.3 is 15.4 Å². The van der Waals surface area contributed by atoms with Gasteiger partial charge >= 0.3 is 0 Å². The summed E-state index contributed by atoms with van der Waals surface area (Å²) >= 11 is 0. The Kier molecular flexibility index (Phi) is 5.18. The van der Waals surface area contributed by atoms with Gasteiger partial charge in [0.15, 0.2) is 0 Å². The van der Waals surface area contributed by atoms with Gasteiger partial charge in [0.2, 0.25) is 0 Å². The molecule has 0 aromatic carbocycles. The molecule has 2 atom stereocenters. The Morgan fingerprint density at radius 2 is 2.25 bits per heavy atom. The molecule has 0 aliphatic carbocycles. The molecule has 2 N–H and O–H groups in total. The Hall–Kier alpha value is -0.160. The van der Waals surface area contributed by atoms with Crippen LogP contribution in [0.3, 0.4) is 0 Å². The first-order valence-electron chi connectivity index (χ1n) is 6.14. The van der Waals surface area contributed by atoms with E-state index in [2.05, 4.69) is 30.8 Å². The van der Waals surface area contributed by atoms with Crippen LogP contribution in [0.25, 0.3) is 0 Å². The van der Waals surface area contributed by atoms with Gasteiger partial charge in [-0.2, -0.15) is 0 Å². The van der Waals surface area contributed by atoms with Gasteiger partial charge in [0, 0.05) is 26.2 Å². The van der Waals surface area contributed by atoms with Gasteiger partial charge in [0.05, 0.1) is 12.1 Å². The van der Waals surface area contributed by atoms with Gasteiger partial charge in [-0.25, -0.2) is 0 Å². The zero-order valence-corrected chi connectivity index (χ0v) is 11.2. The molecule has 4 nitrogen and oxygen atoms in total. The minimum absolute atomic E-state index is 0.0441. The molecule has 1 rings (SSSR count). The van der Waals surface area contributed by atoms with Gasteiger partial charge in [-0.1, -0.05) is 0 Å². The van der Waals surface area contributed by atoms with Gasteiger partial charge in [0.1, 0.15) is 0 Å². The van der Waals surface area contributed by atoms with E-state index in [1.54, 1.807) is 7.11 Å². The van der Waals surface area contributed by atoms with Crippen LogP contribution in [0, 0.1) is 0 Å². The SMILES string of the molecule is COCC(C)(CN)N(C)C1CCCN(C)C1. The number of rotatable bonds is 5. The third-order valence-electron chi connectivity index (χ3n) is 3.89. The Morgan fingerprint density at radius 3 is 2.75 bits per heavy atom. The maximum atomic E-state index is 5.90. The van der Waals surface area contributed by atoms with Crippen LogP contribution in [0.15, 0.2) is 0 Å². The fourth-order valence-corrected chi connectivity index (χ4v) is 2.51. The third-order valence-corrected chi connectivity index (χ3v) is 3.89. The molecule has 1 fully saturated rings. The highest BCUT2D eigenvalue weighted by atomic mass is 16.5. The number of nitrogens with two attached hydrogens (primary N) is 1. The quantitative estimate of drug-likeness (QED) is 0.740. The predicted octanol–water partition coefficient (Wildman–Crippen LogP) is 0.376. The number of likely N-dealkylation sites (tertiary alicyclic amines) is 1. The van der Waals surface area contributed by atoms with E-state index in [1.807, 2.05) is 0 Å². The van der Waals surface area contributed by atoms with Crippen LogP contribution in [0.2, 0.25) is 0 Å². The maximum absolute atomic E-state index is 5.90. The van der Waals surface area contributed by atoms with E-state index in [1.165, 1.54) is 19.4 Å². The summed E-state index contributed by atoms with van der Waals surface area (Å²) in [5.74, 6) is 0. The lowest BCUT2D eigenvalue weighted by Gasteiger charge is -2.45. The predicted molar refractivity (Wildman–Crippen MR) is 67.6 cm³/mol. The number of hydrogen-bond acceptors (Lipinski definition) is 4. The van der Waals surface area contributed by atoms with Crippen molar-refractivity contribution in [1.82, 2.24) is 9.80 Å². The Bertz CT molecular complexity index is 212. The smallest absolute Gasteiger partial charge is 0.0656 e. The number of methoxy groups -OCH3 is 1. The van der Waals surface area contributed by atoms with Crippen molar-refractivity contribution in [2.45, 2.75) is 31.3 Å². The van der Waals surface area contributed by atoms with Crippen LogP contribution in [0.1, 0.15) is 19.8 Å². The number of ether oxygens (including phenoxy) is 1. The van der Waals surface area contributed by atoms with Crippen molar-refractivity contribution < 1.29 is 4.74 Å². The van der Waals surface area contributed by atoms with Gasteiger partial charge in [-0.3, -0.25) is 4.90 Å². The molecule has 96 valence electrons. The second-order valence-electron chi connectivity index (χ2n) is 5.30. The summed E-state index contributed by atoms with van der Waals surface area (Å²) in [4.78, 5) is 4.81. The molecule has 0 aromatic rings. The molecule has 0 radical (unpaired) electrons. The average molecular weight is 229 g/mol. The van der Waals surface area contributed by atoms with Crippen LogP contribution < -0.4 is 5.73 Å². The molecular weight excluding hydrogens is 202 g/mol. The summed E-state index contributed by atoms with van der Waals surface area (Å²) in [6, 6.07) is 0.599. The first-order valence-corrected chi connectivity index (χ1v) is 6.14. The summed E-state index contributed by atoms with van der Waals surface area (Å²) < 4.78 is 5.30. The van der Waals surface area contributed by atoms with E-state index in [4.69, 9.17) is 10.5 Å². The normalized spacial score (nSPS) is 27.0. The number of likely N-dealkylation sites (N-methyl/N-ethyl adjacent to an activating group) is 2. The van der Waals surface area contributed by atoms with Crippen molar-refractivity contribution in [3.63, 3.8) is 0 Å². The number of nitrogens with zero attached hydrogens (tertiary/aromatic N) is 2. The van der Waals surface area contributed by atoms with Crippen molar-refractivity contribution in [3.8, 4) is 0 Å². The molecule has 1 heterocycles. The highest BCUT2D eigenvalue weighted by Crippen LogP contribution is 2.21. The Labute approximate surface area is 99.7 Å². The standard InChI is InChI=1S/C12H27N3O/c1-12(9-13,10-16-4)15(3)11-6-5-7-14(2)8-11/h11H,5-10,13H2,1-4H3. The number of piperidine rings is 1. The summed E-state index contributed by atoms with van der Waals surface area (Å²) in [6.07, 6.45) is 2.54. The summed E-state index contributed by atoms with van der Waals surface area (Å²) in [6.45, 7) is 5.87. The van der Waals surface area contributed by atoms with Gasteiger partial charge in [0.25, 0.3) is 0 Å². The van der Waals surface area contributed by atoms with Crippen LogP contribution in [-0.4, -0.2) is 68.8 Å². The maximum Gasteiger partial charge on any atom is 0.0656 e. The van der Waals surface area contributed by atoms with Crippen LogP contribution in [0.5, 0.6) is 0 Å². The van der Waals surface area contributed by atoms with E-state index in [-0.39, 0.29) is 5.54 Å². The molecule has 16 heavy (non-hydrogen) atoms. The molecule has 2 unspecified atom stereocenters. The first kappa shape index (κ1) is 13.9. The first-order chi connectivity index (χ1) is 7.53. The molecule has 0 bridgehead atoms. The van der Waals surface area contributed by atoms with E-state index < -0.39 is 0 Å².